The van der Waals surface area contributed by atoms with Gasteiger partial charge in [0.15, 0.2) is 0 Å². The lowest BCUT2D eigenvalue weighted by Gasteiger charge is -2.10. The highest BCUT2D eigenvalue weighted by atomic mass is 32.1. The summed E-state index contributed by atoms with van der Waals surface area (Å²) in [5.41, 5.74) is 2.40. The predicted octanol–water partition coefficient (Wildman–Crippen LogP) is 5.60. The molecule has 1 heterocycles. The van der Waals surface area contributed by atoms with Crippen molar-refractivity contribution in [3.8, 4) is 16.3 Å². The van der Waals surface area contributed by atoms with Gasteiger partial charge in [-0.2, -0.15) is 0 Å². The van der Waals surface area contributed by atoms with Gasteiger partial charge in [-0.3, -0.25) is 4.79 Å². The van der Waals surface area contributed by atoms with Gasteiger partial charge < -0.3 is 10.1 Å². The van der Waals surface area contributed by atoms with E-state index in [9.17, 15) is 13.6 Å². The van der Waals surface area contributed by atoms with Crippen LogP contribution in [-0.2, 0) is 13.2 Å². The van der Waals surface area contributed by atoms with E-state index in [1.807, 2.05) is 42.5 Å². The van der Waals surface area contributed by atoms with Crippen molar-refractivity contribution in [3.63, 3.8) is 0 Å². The number of halogens is 2. The van der Waals surface area contributed by atoms with Crippen LogP contribution in [0.2, 0.25) is 0 Å². The van der Waals surface area contributed by atoms with Crippen molar-refractivity contribution in [2.45, 2.75) is 13.2 Å². The zero-order valence-corrected chi connectivity index (χ0v) is 17.2. The highest BCUT2D eigenvalue weighted by Crippen LogP contribution is 2.32. The van der Waals surface area contributed by atoms with Crippen molar-refractivity contribution >= 4 is 17.2 Å². The molecule has 0 aliphatic carbocycles. The molecular formula is C24H18F2N2O2S. The minimum absolute atomic E-state index is 0.00148. The molecule has 0 unspecified atom stereocenters. The van der Waals surface area contributed by atoms with Crippen molar-refractivity contribution < 1.29 is 18.3 Å². The highest BCUT2D eigenvalue weighted by molar-refractivity contribution is 7.13. The Kier molecular flexibility index (Phi) is 6.33. The first-order valence-corrected chi connectivity index (χ1v) is 10.4. The molecule has 0 saturated heterocycles. The van der Waals surface area contributed by atoms with Crippen LogP contribution in [-0.4, -0.2) is 10.9 Å². The number of amides is 1. The van der Waals surface area contributed by atoms with Crippen LogP contribution in [0.3, 0.4) is 0 Å². The summed E-state index contributed by atoms with van der Waals surface area (Å²) < 4.78 is 32.6. The summed E-state index contributed by atoms with van der Waals surface area (Å²) in [6, 6.07) is 20.1. The number of carbonyl (C=O) groups is 1. The molecule has 1 aromatic heterocycles. The summed E-state index contributed by atoms with van der Waals surface area (Å²) in [5.74, 6) is -1.06. The van der Waals surface area contributed by atoms with Crippen LogP contribution in [0.1, 0.15) is 21.6 Å². The van der Waals surface area contributed by atoms with Crippen LogP contribution in [0.4, 0.5) is 8.78 Å². The summed E-state index contributed by atoms with van der Waals surface area (Å²) in [4.78, 5) is 16.9. The third kappa shape index (κ3) is 5.32. The Morgan fingerprint density at radius 3 is 2.42 bits per heavy atom. The molecule has 1 N–H and O–H groups in total. The van der Waals surface area contributed by atoms with Gasteiger partial charge in [-0.1, -0.05) is 42.5 Å². The lowest BCUT2D eigenvalue weighted by atomic mass is 10.2. The Bertz CT molecular complexity index is 1170. The largest absolute Gasteiger partial charge is 0.488 e. The Labute approximate surface area is 182 Å². The molecule has 4 aromatic rings. The number of para-hydroxylation sites is 1. The van der Waals surface area contributed by atoms with Gasteiger partial charge in [0.05, 0.1) is 5.56 Å². The molecule has 0 spiro atoms. The van der Waals surface area contributed by atoms with Crippen molar-refractivity contribution in [3.05, 3.63) is 107 Å². The SMILES string of the molecule is O=C(NCc1ccccc1)c1csc(-c2ccccc2OCc2cc(F)cc(F)c2)n1. The van der Waals surface area contributed by atoms with Crippen LogP contribution in [0, 0.1) is 11.6 Å². The molecule has 0 radical (unpaired) electrons. The fourth-order valence-corrected chi connectivity index (χ4v) is 3.82. The van der Waals surface area contributed by atoms with Crippen LogP contribution >= 0.6 is 11.3 Å². The van der Waals surface area contributed by atoms with E-state index in [0.29, 0.717) is 34.1 Å². The lowest BCUT2D eigenvalue weighted by molar-refractivity contribution is 0.0946. The maximum Gasteiger partial charge on any atom is 0.271 e. The van der Waals surface area contributed by atoms with Crippen LogP contribution in [0.5, 0.6) is 5.75 Å². The number of thiazole rings is 1. The number of hydrogen-bond acceptors (Lipinski definition) is 4. The first-order chi connectivity index (χ1) is 15.1. The molecule has 31 heavy (non-hydrogen) atoms. The number of rotatable bonds is 7. The fraction of sp³-hybridized carbons (Fsp3) is 0.0833. The number of benzene rings is 3. The van der Waals surface area contributed by atoms with E-state index in [4.69, 9.17) is 4.74 Å². The number of hydrogen-bond donors (Lipinski definition) is 1. The van der Waals surface area contributed by atoms with E-state index in [1.165, 1.54) is 23.5 Å². The molecule has 0 aliphatic heterocycles. The summed E-state index contributed by atoms with van der Waals surface area (Å²) in [6.45, 7) is 0.415. The third-order valence-corrected chi connectivity index (χ3v) is 5.34. The number of aromatic nitrogens is 1. The Morgan fingerprint density at radius 2 is 1.65 bits per heavy atom. The first kappa shape index (κ1) is 20.7. The smallest absolute Gasteiger partial charge is 0.271 e. The summed E-state index contributed by atoms with van der Waals surface area (Å²) >= 11 is 1.32. The van der Waals surface area contributed by atoms with Crippen LogP contribution < -0.4 is 10.1 Å². The minimum atomic E-state index is -0.655. The van der Waals surface area contributed by atoms with Crippen LogP contribution in [0.15, 0.2) is 78.2 Å². The first-order valence-electron chi connectivity index (χ1n) is 9.53. The van der Waals surface area contributed by atoms with Crippen LogP contribution in [0.25, 0.3) is 10.6 Å². The average Bonchev–Trinajstić information content (AvgIpc) is 3.27. The van der Waals surface area contributed by atoms with Gasteiger partial charge in [0.25, 0.3) is 5.91 Å². The second-order valence-electron chi connectivity index (χ2n) is 6.77. The Balaban J connectivity index is 1.46. The zero-order chi connectivity index (χ0) is 21.6. The van der Waals surface area contributed by atoms with Gasteiger partial charge in [0.1, 0.15) is 34.7 Å². The zero-order valence-electron chi connectivity index (χ0n) is 16.3. The normalized spacial score (nSPS) is 10.6. The molecule has 0 saturated carbocycles. The number of nitrogens with one attached hydrogen (secondary N) is 1. The standard InChI is InChI=1S/C24H18F2N2O2S/c25-18-10-17(11-19(26)12-18)14-30-22-9-5-4-8-20(22)24-28-21(15-31-24)23(29)27-13-16-6-2-1-3-7-16/h1-12,15H,13-14H2,(H,27,29). The number of carbonyl (C=O) groups excluding carboxylic acids is 1. The molecule has 1 amide bonds. The summed E-state index contributed by atoms with van der Waals surface area (Å²) in [5, 5.41) is 5.16. The second-order valence-corrected chi connectivity index (χ2v) is 7.63. The molecule has 7 heteroatoms. The van der Waals surface area contributed by atoms with Gasteiger partial charge in [-0.05, 0) is 35.4 Å². The predicted molar refractivity (Wildman–Crippen MR) is 116 cm³/mol. The molecule has 0 bridgehead atoms. The maximum absolute atomic E-state index is 13.4. The molecule has 0 atom stereocenters. The Morgan fingerprint density at radius 1 is 0.935 bits per heavy atom. The molecule has 156 valence electrons. The van der Waals surface area contributed by atoms with Crippen molar-refractivity contribution in [2.24, 2.45) is 0 Å². The number of nitrogens with zero attached hydrogens (tertiary/aromatic N) is 1. The van der Waals surface area contributed by atoms with E-state index in [2.05, 4.69) is 10.3 Å². The van der Waals surface area contributed by atoms with Crippen molar-refractivity contribution in [1.29, 1.82) is 0 Å². The molecule has 3 aromatic carbocycles. The highest BCUT2D eigenvalue weighted by Gasteiger charge is 2.15. The topological polar surface area (TPSA) is 51.2 Å². The maximum atomic E-state index is 13.4. The minimum Gasteiger partial charge on any atom is -0.488 e. The van der Waals surface area contributed by atoms with E-state index < -0.39 is 11.6 Å². The van der Waals surface area contributed by atoms with Gasteiger partial charge in [0.2, 0.25) is 0 Å². The third-order valence-electron chi connectivity index (χ3n) is 4.47. The average molecular weight is 436 g/mol. The van der Waals surface area contributed by atoms with Gasteiger partial charge in [-0.25, -0.2) is 13.8 Å². The van der Waals surface area contributed by atoms with E-state index in [1.54, 1.807) is 17.5 Å². The second kappa shape index (κ2) is 9.49. The van der Waals surface area contributed by atoms with Crippen molar-refractivity contribution in [2.75, 3.05) is 0 Å². The fourth-order valence-electron chi connectivity index (χ4n) is 3.00. The van der Waals surface area contributed by atoms with Crippen molar-refractivity contribution in [1.82, 2.24) is 10.3 Å². The quantitative estimate of drug-likeness (QED) is 0.410. The molecule has 0 fully saturated rings. The van der Waals surface area contributed by atoms with Gasteiger partial charge in [0, 0.05) is 18.0 Å². The summed E-state index contributed by atoms with van der Waals surface area (Å²) in [7, 11) is 0. The molecule has 4 nitrogen and oxygen atoms in total. The molecule has 0 aliphatic rings. The van der Waals surface area contributed by atoms with E-state index in [-0.39, 0.29) is 12.5 Å². The number of ether oxygens (including phenoxy) is 1. The molecular weight excluding hydrogens is 418 g/mol. The van der Waals surface area contributed by atoms with Gasteiger partial charge in [-0.15, -0.1) is 11.3 Å². The van der Waals surface area contributed by atoms with Gasteiger partial charge >= 0.3 is 0 Å². The molecule has 4 rings (SSSR count). The van der Waals surface area contributed by atoms with E-state index in [0.717, 1.165) is 11.6 Å². The summed E-state index contributed by atoms with van der Waals surface area (Å²) in [6.07, 6.45) is 0. The monoisotopic (exact) mass is 436 g/mol. The Hall–Kier alpha value is -3.58. The lowest BCUT2D eigenvalue weighted by Crippen LogP contribution is -2.23. The van der Waals surface area contributed by atoms with E-state index >= 15 is 0 Å².